The summed E-state index contributed by atoms with van der Waals surface area (Å²) < 4.78 is 6.71. The molecule has 1 aromatic rings. The second-order valence-corrected chi connectivity index (χ2v) is 4.03. The van der Waals surface area contributed by atoms with E-state index in [4.69, 9.17) is 4.74 Å². The first-order valence-corrected chi connectivity index (χ1v) is 6.22. The van der Waals surface area contributed by atoms with Crippen LogP contribution in [-0.2, 0) is 16.1 Å². The lowest BCUT2D eigenvalue weighted by Crippen LogP contribution is -2.40. The molecule has 1 N–H and O–H groups in total. The maximum Gasteiger partial charge on any atom is 0.328 e. The summed E-state index contributed by atoms with van der Waals surface area (Å²) in [5.74, 6) is -0.673. The molecular weight excluding hydrogens is 232 g/mol. The lowest BCUT2D eigenvalue weighted by molar-refractivity contribution is -0.144. The summed E-state index contributed by atoms with van der Waals surface area (Å²) in [6.45, 7) is 6.49. The molecule has 5 nitrogen and oxygen atoms in total. The van der Waals surface area contributed by atoms with Crippen molar-refractivity contribution in [3.05, 3.63) is 24.0 Å². The highest BCUT2D eigenvalue weighted by Crippen LogP contribution is 2.04. The Labute approximate surface area is 107 Å². The van der Waals surface area contributed by atoms with E-state index < -0.39 is 12.0 Å². The van der Waals surface area contributed by atoms with E-state index in [2.05, 4.69) is 5.32 Å². The van der Waals surface area contributed by atoms with Gasteiger partial charge in [0.1, 0.15) is 11.7 Å². The maximum absolute atomic E-state index is 12.0. The third-order valence-electron chi connectivity index (χ3n) is 2.51. The van der Waals surface area contributed by atoms with Crippen molar-refractivity contribution in [3.8, 4) is 0 Å². The average molecular weight is 252 g/mol. The molecule has 5 heteroatoms. The molecule has 1 aromatic heterocycles. The molecule has 0 spiro atoms. The molecule has 0 fully saturated rings. The predicted octanol–water partition coefficient (Wildman–Crippen LogP) is 1.58. The molecule has 18 heavy (non-hydrogen) atoms. The van der Waals surface area contributed by atoms with E-state index in [1.807, 2.05) is 23.8 Å². The van der Waals surface area contributed by atoms with E-state index in [1.54, 1.807) is 19.9 Å². The highest BCUT2D eigenvalue weighted by Gasteiger charge is 2.19. The van der Waals surface area contributed by atoms with Gasteiger partial charge in [0.2, 0.25) is 0 Å². The van der Waals surface area contributed by atoms with Gasteiger partial charge in [0, 0.05) is 12.7 Å². The molecule has 1 heterocycles. The number of nitrogens with one attached hydrogen (secondary N) is 1. The lowest BCUT2D eigenvalue weighted by Gasteiger charge is -2.13. The minimum atomic E-state index is -0.637. The minimum absolute atomic E-state index is 0.256. The number of rotatable bonds is 6. The fourth-order valence-electron chi connectivity index (χ4n) is 1.65. The van der Waals surface area contributed by atoms with Crippen LogP contribution in [0, 0.1) is 0 Å². The van der Waals surface area contributed by atoms with Crippen molar-refractivity contribution in [2.24, 2.45) is 0 Å². The zero-order valence-corrected chi connectivity index (χ0v) is 11.1. The number of nitrogens with zero attached hydrogens (tertiary/aromatic N) is 1. The first kappa shape index (κ1) is 14.3. The fraction of sp³-hybridized carbons (Fsp3) is 0.538. The van der Waals surface area contributed by atoms with Crippen LogP contribution in [0.2, 0.25) is 0 Å². The lowest BCUT2D eigenvalue weighted by atomic mass is 10.3. The monoisotopic (exact) mass is 252 g/mol. The topological polar surface area (TPSA) is 60.3 Å². The summed E-state index contributed by atoms with van der Waals surface area (Å²) in [4.78, 5) is 23.4. The van der Waals surface area contributed by atoms with Crippen LogP contribution in [0.15, 0.2) is 18.3 Å². The molecule has 1 rings (SSSR count). The Kier molecular flexibility index (Phi) is 5.42. The minimum Gasteiger partial charge on any atom is -0.464 e. The fourth-order valence-corrected chi connectivity index (χ4v) is 1.65. The Morgan fingerprint density at radius 1 is 1.44 bits per heavy atom. The highest BCUT2D eigenvalue weighted by atomic mass is 16.5. The van der Waals surface area contributed by atoms with Crippen LogP contribution in [0.1, 0.15) is 37.7 Å². The maximum atomic E-state index is 12.0. The molecule has 0 saturated carbocycles. The Morgan fingerprint density at radius 3 is 2.78 bits per heavy atom. The molecular formula is C13H20N2O3. The number of hydrogen-bond donors (Lipinski definition) is 1. The second-order valence-electron chi connectivity index (χ2n) is 4.03. The van der Waals surface area contributed by atoms with Gasteiger partial charge in [-0.25, -0.2) is 4.79 Å². The number of ether oxygens (including phenoxy) is 1. The largest absolute Gasteiger partial charge is 0.464 e. The van der Waals surface area contributed by atoms with E-state index >= 15 is 0 Å². The molecule has 0 aliphatic carbocycles. The standard InChI is InChI=1S/C13H20N2O3/c1-4-8-15-9-6-7-11(15)12(16)14-10(3)13(17)18-5-2/h6-7,9-10H,4-5,8H2,1-3H3,(H,14,16). The zero-order valence-electron chi connectivity index (χ0n) is 11.1. The number of aromatic nitrogens is 1. The molecule has 0 saturated heterocycles. The van der Waals surface area contributed by atoms with Gasteiger partial charge in [-0.1, -0.05) is 6.92 Å². The van der Waals surface area contributed by atoms with Crippen LogP contribution in [-0.4, -0.2) is 29.1 Å². The van der Waals surface area contributed by atoms with Gasteiger partial charge in [-0.15, -0.1) is 0 Å². The van der Waals surface area contributed by atoms with Gasteiger partial charge in [0.25, 0.3) is 5.91 Å². The Hall–Kier alpha value is -1.78. The quantitative estimate of drug-likeness (QED) is 0.782. The van der Waals surface area contributed by atoms with Gasteiger partial charge in [0.15, 0.2) is 0 Å². The summed E-state index contributed by atoms with van der Waals surface area (Å²) in [6.07, 6.45) is 2.80. The summed E-state index contributed by atoms with van der Waals surface area (Å²) in [5, 5.41) is 2.63. The Bertz CT molecular complexity index is 412. The van der Waals surface area contributed by atoms with Crippen molar-refractivity contribution >= 4 is 11.9 Å². The van der Waals surface area contributed by atoms with Crippen LogP contribution in [0.5, 0.6) is 0 Å². The van der Waals surface area contributed by atoms with Crippen molar-refractivity contribution < 1.29 is 14.3 Å². The van der Waals surface area contributed by atoms with E-state index in [0.717, 1.165) is 13.0 Å². The van der Waals surface area contributed by atoms with Crippen LogP contribution in [0.3, 0.4) is 0 Å². The van der Waals surface area contributed by atoms with E-state index in [-0.39, 0.29) is 5.91 Å². The van der Waals surface area contributed by atoms with Gasteiger partial charge < -0.3 is 14.6 Å². The molecule has 1 amide bonds. The number of carbonyl (C=O) groups is 2. The number of carbonyl (C=O) groups excluding carboxylic acids is 2. The first-order chi connectivity index (χ1) is 8.60. The van der Waals surface area contributed by atoms with Crippen molar-refractivity contribution in [1.29, 1.82) is 0 Å². The molecule has 100 valence electrons. The predicted molar refractivity (Wildman–Crippen MR) is 68.3 cm³/mol. The van der Waals surface area contributed by atoms with Gasteiger partial charge in [-0.05, 0) is 32.4 Å². The van der Waals surface area contributed by atoms with Gasteiger partial charge in [0.05, 0.1) is 6.61 Å². The molecule has 0 aliphatic rings. The van der Waals surface area contributed by atoms with Crippen LogP contribution >= 0.6 is 0 Å². The van der Waals surface area contributed by atoms with Crippen LogP contribution < -0.4 is 5.32 Å². The molecule has 1 unspecified atom stereocenters. The van der Waals surface area contributed by atoms with E-state index in [1.165, 1.54) is 0 Å². The third-order valence-corrected chi connectivity index (χ3v) is 2.51. The van der Waals surface area contributed by atoms with Gasteiger partial charge >= 0.3 is 5.97 Å². The average Bonchev–Trinajstić information content (AvgIpc) is 2.78. The van der Waals surface area contributed by atoms with Crippen molar-refractivity contribution in [2.45, 2.75) is 39.8 Å². The first-order valence-electron chi connectivity index (χ1n) is 6.22. The van der Waals surface area contributed by atoms with Crippen LogP contribution in [0.4, 0.5) is 0 Å². The SMILES string of the molecule is CCCn1cccc1C(=O)NC(C)C(=O)OCC. The highest BCUT2D eigenvalue weighted by molar-refractivity contribution is 5.95. The van der Waals surface area contributed by atoms with Crippen molar-refractivity contribution in [3.63, 3.8) is 0 Å². The Morgan fingerprint density at radius 2 is 2.17 bits per heavy atom. The number of esters is 1. The van der Waals surface area contributed by atoms with E-state index in [0.29, 0.717) is 12.3 Å². The summed E-state index contributed by atoms with van der Waals surface area (Å²) >= 11 is 0. The molecule has 0 aromatic carbocycles. The third kappa shape index (κ3) is 3.61. The number of hydrogen-bond acceptors (Lipinski definition) is 3. The molecule has 0 aliphatic heterocycles. The normalized spacial score (nSPS) is 11.9. The number of aryl methyl sites for hydroxylation is 1. The molecule has 0 radical (unpaired) electrons. The van der Waals surface area contributed by atoms with Gasteiger partial charge in [-0.3, -0.25) is 4.79 Å². The van der Waals surface area contributed by atoms with Crippen molar-refractivity contribution in [2.75, 3.05) is 6.61 Å². The summed E-state index contributed by atoms with van der Waals surface area (Å²) in [5.41, 5.74) is 0.563. The summed E-state index contributed by atoms with van der Waals surface area (Å²) in [6, 6.07) is 2.92. The van der Waals surface area contributed by atoms with Crippen LogP contribution in [0.25, 0.3) is 0 Å². The van der Waals surface area contributed by atoms with E-state index in [9.17, 15) is 9.59 Å². The molecule has 0 bridgehead atoms. The summed E-state index contributed by atoms with van der Waals surface area (Å²) in [7, 11) is 0. The van der Waals surface area contributed by atoms with Gasteiger partial charge in [-0.2, -0.15) is 0 Å². The van der Waals surface area contributed by atoms with Crippen molar-refractivity contribution in [1.82, 2.24) is 9.88 Å². The second kappa shape index (κ2) is 6.83. The smallest absolute Gasteiger partial charge is 0.328 e. The Balaban J connectivity index is 2.64. The molecule has 1 atom stereocenters. The number of amides is 1. The zero-order chi connectivity index (χ0) is 13.5.